The molecule has 104 valence electrons. The van der Waals surface area contributed by atoms with E-state index in [1.807, 2.05) is 4.57 Å². The average molecular weight is 338 g/mol. The Hall–Kier alpha value is -1.96. The maximum absolute atomic E-state index is 12.4. The Morgan fingerprint density at radius 2 is 2.25 bits per heavy atom. The third kappa shape index (κ3) is 2.15. The first kappa shape index (κ1) is 13.0. The molecular formula is C12H12BrN5O2. The van der Waals surface area contributed by atoms with Crippen LogP contribution in [0.2, 0.25) is 0 Å². The summed E-state index contributed by atoms with van der Waals surface area (Å²) < 4.78 is 2.61. The van der Waals surface area contributed by atoms with Crippen molar-refractivity contribution in [2.45, 2.75) is 20.0 Å². The quantitative estimate of drug-likeness (QED) is 0.829. The highest BCUT2D eigenvalue weighted by molar-refractivity contribution is 9.10. The van der Waals surface area contributed by atoms with Gasteiger partial charge >= 0.3 is 0 Å². The minimum Gasteiger partial charge on any atom is -0.329 e. The Balaban J connectivity index is 1.91. The van der Waals surface area contributed by atoms with Gasteiger partial charge in [-0.25, -0.2) is 0 Å². The van der Waals surface area contributed by atoms with Crippen LogP contribution in [0.5, 0.6) is 0 Å². The van der Waals surface area contributed by atoms with Crippen molar-refractivity contribution in [1.82, 2.24) is 24.6 Å². The molecule has 1 aliphatic heterocycles. The standard InChI is InChI=1S/C12H12BrN5O2/c1-7-9(13)4-8(11(19)15-7)12(20)17-2-3-18-6-14-16-10(18)5-17/h4,6H,2-3,5H2,1H3,(H,15,19). The Morgan fingerprint density at radius 3 is 3.05 bits per heavy atom. The number of rotatable bonds is 1. The van der Waals surface area contributed by atoms with Gasteiger partial charge in [0.1, 0.15) is 11.9 Å². The molecule has 0 bridgehead atoms. The summed E-state index contributed by atoms with van der Waals surface area (Å²) in [4.78, 5) is 28.6. The van der Waals surface area contributed by atoms with Crippen LogP contribution in [0.1, 0.15) is 21.9 Å². The summed E-state index contributed by atoms with van der Waals surface area (Å²) >= 11 is 3.32. The van der Waals surface area contributed by atoms with Gasteiger partial charge in [0.05, 0.1) is 6.54 Å². The first-order valence-corrected chi connectivity index (χ1v) is 6.91. The summed E-state index contributed by atoms with van der Waals surface area (Å²) in [5.74, 6) is 0.438. The van der Waals surface area contributed by atoms with E-state index < -0.39 is 0 Å². The number of amides is 1. The number of halogens is 1. The lowest BCUT2D eigenvalue weighted by Crippen LogP contribution is -2.40. The SMILES string of the molecule is Cc1[nH]c(=O)c(C(=O)N2CCn3cnnc3C2)cc1Br. The number of pyridine rings is 1. The molecular weight excluding hydrogens is 326 g/mol. The van der Waals surface area contributed by atoms with Gasteiger partial charge in [-0.2, -0.15) is 0 Å². The van der Waals surface area contributed by atoms with Crippen molar-refractivity contribution >= 4 is 21.8 Å². The summed E-state index contributed by atoms with van der Waals surface area (Å²) in [5, 5.41) is 7.77. The molecule has 0 aliphatic carbocycles. The van der Waals surface area contributed by atoms with Gasteiger partial charge in [-0.15, -0.1) is 10.2 Å². The smallest absolute Gasteiger partial charge is 0.261 e. The minimum atomic E-state index is -0.372. The topological polar surface area (TPSA) is 83.9 Å². The van der Waals surface area contributed by atoms with E-state index in [9.17, 15) is 9.59 Å². The Labute approximate surface area is 122 Å². The molecule has 0 aromatic carbocycles. The van der Waals surface area contributed by atoms with E-state index in [1.54, 1.807) is 24.2 Å². The molecule has 7 nitrogen and oxygen atoms in total. The molecule has 0 fully saturated rings. The number of aromatic nitrogens is 4. The number of fused-ring (bicyclic) bond motifs is 1. The normalized spacial score (nSPS) is 14.2. The lowest BCUT2D eigenvalue weighted by atomic mass is 10.2. The second kappa shape index (κ2) is 4.86. The lowest BCUT2D eigenvalue weighted by Gasteiger charge is -2.26. The monoisotopic (exact) mass is 337 g/mol. The van der Waals surface area contributed by atoms with E-state index in [1.165, 1.54) is 0 Å². The molecule has 2 aromatic heterocycles. The molecule has 0 atom stereocenters. The summed E-state index contributed by atoms with van der Waals surface area (Å²) in [7, 11) is 0. The highest BCUT2D eigenvalue weighted by Gasteiger charge is 2.25. The fourth-order valence-electron chi connectivity index (χ4n) is 2.17. The molecule has 8 heteroatoms. The number of aromatic amines is 1. The largest absolute Gasteiger partial charge is 0.329 e. The zero-order chi connectivity index (χ0) is 14.3. The van der Waals surface area contributed by atoms with Crippen LogP contribution in [0.15, 0.2) is 21.7 Å². The summed E-state index contributed by atoms with van der Waals surface area (Å²) in [6.45, 7) is 3.31. The third-order valence-corrected chi connectivity index (χ3v) is 4.16. The van der Waals surface area contributed by atoms with E-state index >= 15 is 0 Å². The Morgan fingerprint density at radius 1 is 1.45 bits per heavy atom. The molecule has 1 aliphatic rings. The number of hydrogen-bond acceptors (Lipinski definition) is 4. The predicted octanol–water partition coefficient (Wildman–Crippen LogP) is 0.693. The van der Waals surface area contributed by atoms with E-state index in [-0.39, 0.29) is 17.0 Å². The van der Waals surface area contributed by atoms with E-state index in [4.69, 9.17) is 0 Å². The molecule has 0 saturated carbocycles. The summed E-state index contributed by atoms with van der Waals surface area (Å²) in [6, 6.07) is 1.57. The maximum Gasteiger partial charge on any atom is 0.261 e. The number of carbonyl (C=O) groups excluding carboxylic acids is 1. The number of H-pyrrole nitrogens is 1. The first-order chi connectivity index (χ1) is 9.56. The van der Waals surface area contributed by atoms with Crippen LogP contribution in [0, 0.1) is 6.92 Å². The van der Waals surface area contributed by atoms with Crippen molar-refractivity contribution in [3.63, 3.8) is 0 Å². The molecule has 0 spiro atoms. The van der Waals surface area contributed by atoms with E-state index in [0.29, 0.717) is 29.8 Å². The maximum atomic E-state index is 12.4. The van der Waals surface area contributed by atoms with Crippen LogP contribution >= 0.6 is 15.9 Å². The molecule has 3 rings (SSSR count). The summed E-state index contributed by atoms with van der Waals surface area (Å²) in [5.41, 5.74) is 0.461. The number of hydrogen-bond donors (Lipinski definition) is 1. The fourth-order valence-corrected chi connectivity index (χ4v) is 2.49. The van der Waals surface area contributed by atoms with Crippen LogP contribution in [0.4, 0.5) is 0 Å². The van der Waals surface area contributed by atoms with Gasteiger partial charge in [0.2, 0.25) is 0 Å². The molecule has 1 N–H and O–H groups in total. The average Bonchev–Trinajstić information content (AvgIpc) is 2.89. The Bertz CT molecular complexity index is 736. The minimum absolute atomic E-state index is 0.135. The number of nitrogens with zero attached hydrogens (tertiary/aromatic N) is 4. The van der Waals surface area contributed by atoms with Crippen LogP contribution in [-0.2, 0) is 13.1 Å². The van der Waals surface area contributed by atoms with Crippen molar-refractivity contribution in [2.75, 3.05) is 6.54 Å². The predicted molar refractivity (Wildman–Crippen MR) is 74.3 cm³/mol. The van der Waals surface area contributed by atoms with Crippen molar-refractivity contribution in [1.29, 1.82) is 0 Å². The lowest BCUT2D eigenvalue weighted by molar-refractivity contribution is 0.0705. The van der Waals surface area contributed by atoms with Crippen LogP contribution in [-0.4, -0.2) is 37.1 Å². The van der Waals surface area contributed by atoms with Crippen molar-refractivity contribution in [2.24, 2.45) is 0 Å². The van der Waals surface area contributed by atoms with Gasteiger partial charge in [-0.05, 0) is 28.9 Å². The number of nitrogens with one attached hydrogen (secondary N) is 1. The zero-order valence-electron chi connectivity index (χ0n) is 10.8. The highest BCUT2D eigenvalue weighted by Crippen LogP contribution is 2.16. The van der Waals surface area contributed by atoms with Crippen LogP contribution in [0.25, 0.3) is 0 Å². The number of carbonyl (C=O) groups is 1. The molecule has 2 aromatic rings. The van der Waals surface area contributed by atoms with Crippen LogP contribution < -0.4 is 5.56 Å². The molecule has 20 heavy (non-hydrogen) atoms. The summed E-state index contributed by atoms with van der Waals surface area (Å²) in [6.07, 6.45) is 1.65. The van der Waals surface area contributed by atoms with Crippen LogP contribution in [0.3, 0.4) is 0 Å². The van der Waals surface area contributed by atoms with Gasteiger partial charge in [0.25, 0.3) is 11.5 Å². The molecule has 0 radical (unpaired) electrons. The van der Waals surface area contributed by atoms with Gasteiger partial charge in [0.15, 0.2) is 5.82 Å². The van der Waals surface area contributed by atoms with Gasteiger partial charge in [0, 0.05) is 23.3 Å². The second-order valence-electron chi connectivity index (χ2n) is 4.65. The van der Waals surface area contributed by atoms with Crippen molar-refractivity contribution in [3.05, 3.63) is 44.3 Å². The highest BCUT2D eigenvalue weighted by atomic mass is 79.9. The Kier molecular flexibility index (Phi) is 3.17. The van der Waals surface area contributed by atoms with E-state index in [2.05, 4.69) is 31.1 Å². The van der Waals surface area contributed by atoms with E-state index in [0.717, 1.165) is 5.82 Å². The zero-order valence-corrected chi connectivity index (χ0v) is 12.3. The number of aryl methyl sites for hydroxylation is 1. The first-order valence-electron chi connectivity index (χ1n) is 6.11. The molecule has 3 heterocycles. The van der Waals surface area contributed by atoms with Crippen molar-refractivity contribution < 1.29 is 4.79 Å². The fraction of sp³-hybridized carbons (Fsp3) is 0.333. The van der Waals surface area contributed by atoms with Crippen molar-refractivity contribution in [3.8, 4) is 0 Å². The molecule has 0 unspecified atom stereocenters. The second-order valence-corrected chi connectivity index (χ2v) is 5.51. The third-order valence-electron chi connectivity index (χ3n) is 3.33. The molecule has 1 amide bonds. The van der Waals surface area contributed by atoms with Gasteiger partial charge in [-0.1, -0.05) is 0 Å². The van der Waals surface area contributed by atoms with Gasteiger partial charge in [-0.3, -0.25) is 9.59 Å². The molecule has 0 saturated heterocycles. The van der Waals surface area contributed by atoms with Gasteiger partial charge < -0.3 is 14.5 Å².